The van der Waals surface area contributed by atoms with Gasteiger partial charge in [0.15, 0.2) is 0 Å². The van der Waals surface area contributed by atoms with E-state index in [0.717, 1.165) is 0 Å². The molecule has 0 aliphatic rings. The Morgan fingerprint density at radius 2 is 1.87 bits per heavy atom. The molecule has 0 saturated heterocycles. The minimum Gasteiger partial charge on any atom is -0.462 e. The van der Waals surface area contributed by atoms with Gasteiger partial charge in [0, 0.05) is 4.90 Å². The molecule has 0 spiro atoms. The molecule has 0 atom stereocenters. The van der Waals surface area contributed by atoms with E-state index in [1.807, 2.05) is 0 Å². The van der Waals surface area contributed by atoms with Gasteiger partial charge in [-0.1, -0.05) is 0 Å². The van der Waals surface area contributed by atoms with Gasteiger partial charge < -0.3 is 9.47 Å². The van der Waals surface area contributed by atoms with Crippen LogP contribution in [-0.2, 0) is 4.74 Å². The first-order valence-corrected chi connectivity index (χ1v) is 6.55. The maximum atomic E-state index is 12.5. The van der Waals surface area contributed by atoms with Crippen LogP contribution in [-0.4, -0.2) is 24.4 Å². The van der Waals surface area contributed by atoms with E-state index in [1.54, 1.807) is 0 Å². The number of hydrogen-bond donors (Lipinski definition) is 0. The van der Waals surface area contributed by atoms with E-state index in [-0.39, 0.29) is 6.61 Å². The average molecular weight is 359 g/mol. The molecule has 126 valence electrons. The van der Waals surface area contributed by atoms with Crippen LogP contribution in [0, 0.1) is 11.3 Å². The highest BCUT2D eigenvalue weighted by Crippen LogP contribution is 2.42. The number of nitrogens with zero attached hydrogens (tertiary/aromatic N) is 1. The lowest BCUT2D eigenvalue weighted by Gasteiger charge is -2.15. The van der Waals surface area contributed by atoms with Crippen molar-refractivity contribution in [2.75, 3.05) is 6.61 Å². The van der Waals surface area contributed by atoms with Gasteiger partial charge in [0.2, 0.25) is 0 Å². The molecule has 0 bridgehead atoms. The zero-order chi connectivity index (χ0) is 17.8. The summed E-state index contributed by atoms with van der Waals surface area (Å²) >= 11 is -0.817. The minimum absolute atomic E-state index is 0.169. The number of rotatable bonds is 4. The van der Waals surface area contributed by atoms with E-state index in [0.29, 0.717) is 12.1 Å². The highest BCUT2D eigenvalue weighted by Gasteiger charge is 2.36. The number of benzene rings is 1. The fourth-order valence-electron chi connectivity index (χ4n) is 1.44. The van der Waals surface area contributed by atoms with Crippen molar-refractivity contribution >= 4 is 17.7 Å². The summed E-state index contributed by atoms with van der Waals surface area (Å²) < 4.78 is 82.3. The zero-order valence-electron chi connectivity index (χ0n) is 11.2. The maximum absolute atomic E-state index is 12.5. The van der Waals surface area contributed by atoms with Crippen molar-refractivity contribution in [3.63, 3.8) is 0 Å². The van der Waals surface area contributed by atoms with Crippen LogP contribution in [0.3, 0.4) is 0 Å². The number of nitriles is 1. The normalized spacial score (nSPS) is 11.7. The number of alkyl halides is 6. The fraction of sp³-hybridized carbons (Fsp3) is 0.333. The summed E-state index contributed by atoms with van der Waals surface area (Å²) in [5.74, 6) is -2.34. The third-order valence-electron chi connectivity index (χ3n) is 2.15. The SMILES string of the molecule is CCOC(=O)c1cc(C#N)c(OC(F)(F)F)cc1SC(F)(F)F. The third-order valence-corrected chi connectivity index (χ3v) is 2.94. The van der Waals surface area contributed by atoms with Crippen molar-refractivity contribution in [3.8, 4) is 11.8 Å². The van der Waals surface area contributed by atoms with Crippen LogP contribution in [0.4, 0.5) is 26.3 Å². The number of ether oxygens (including phenoxy) is 2. The lowest BCUT2D eigenvalue weighted by atomic mass is 10.1. The number of carbonyl (C=O) groups is 1. The Hall–Kier alpha value is -2.09. The van der Waals surface area contributed by atoms with Crippen LogP contribution in [0.25, 0.3) is 0 Å². The van der Waals surface area contributed by atoms with Crippen molar-refractivity contribution in [1.82, 2.24) is 0 Å². The molecule has 0 aromatic heterocycles. The van der Waals surface area contributed by atoms with Crippen LogP contribution in [0.2, 0.25) is 0 Å². The predicted molar refractivity (Wildman–Crippen MR) is 65.7 cm³/mol. The summed E-state index contributed by atoms with van der Waals surface area (Å²) in [5.41, 5.74) is -6.30. The summed E-state index contributed by atoms with van der Waals surface area (Å²) in [4.78, 5) is 10.8. The summed E-state index contributed by atoms with van der Waals surface area (Å²) in [7, 11) is 0. The fourth-order valence-corrected chi connectivity index (χ4v) is 2.10. The van der Waals surface area contributed by atoms with Crippen LogP contribution in [0.5, 0.6) is 5.75 Å². The third kappa shape index (κ3) is 5.90. The lowest BCUT2D eigenvalue weighted by Crippen LogP contribution is -2.18. The second kappa shape index (κ2) is 6.99. The van der Waals surface area contributed by atoms with Gasteiger partial charge in [0.05, 0.1) is 17.7 Å². The Morgan fingerprint density at radius 3 is 2.30 bits per heavy atom. The van der Waals surface area contributed by atoms with Gasteiger partial charge in [-0.15, -0.1) is 13.2 Å². The van der Waals surface area contributed by atoms with E-state index in [4.69, 9.17) is 5.26 Å². The molecule has 0 N–H and O–H groups in total. The van der Waals surface area contributed by atoms with Gasteiger partial charge in [-0.2, -0.15) is 18.4 Å². The van der Waals surface area contributed by atoms with Gasteiger partial charge in [0.1, 0.15) is 11.8 Å². The lowest BCUT2D eigenvalue weighted by molar-refractivity contribution is -0.274. The predicted octanol–water partition coefficient (Wildman–Crippen LogP) is 4.25. The molecule has 0 unspecified atom stereocenters. The topological polar surface area (TPSA) is 59.3 Å². The van der Waals surface area contributed by atoms with Crippen LogP contribution in [0.1, 0.15) is 22.8 Å². The van der Waals surface area contributed by atoms with E-state index in [9.17, 15) is 31.1 Å². The standard InChI is InChI=1S/C12H7F6NO3S/c1-2-21-10(20)7-3-6(5-19)8(22-11(13,14)15)4-9(7)23-12(16,17)18/h3-4H,2H2,1H3. The molecule has 0 heterocycles. The first-order valence-electron chi connectivity index (χ1n) is 5.73. The molecule has 0 radical (unpaired) electrons. The van der Waals surface area contributed by atoms with Crippen molar-refractivity contribution in [2.24, 2.45) is 0 Å². The largest absolute Gasteiger partial charge is 0.573 e. The molecule has 1 rings (SSSR count). The highest BCUT2D eigenvalue weighted by atomic mass is 32.2. The van der Waals surface area contributed by atoms with Gasteiger partial charge in [-0.05, 0) is 30.8 Å². The minimum atomic E-state index is -5.21. The maximum Gasteiger partial charge on any atom is 0.573 e. The molecule has 0 aliphatic heterocycles. The van der Waals surface area contributed by atoms with Gasteiger partial charge in [-0.3, -0.25) is 0 Å². The average Bonchev–Trinajstić information content (AvgIpc) is 2.35. The number of hydrogen-bond acceptors (Lipinski definition) is 5. The molecule has 1 aromatic carbocycles. The van der Waals surface area contributed by atoms with E-state index in [1.165, 1.54) is 13.0 Å². The zero-order valence-corrected chi connectivity index (χ0v) is 12.0. The smallest absolute Gasteiger partial charge is 0.462 e. The summed E-state index contributed by atoms with van der Waals surface area (Å²) in [6, 6.07) is 2.21. The van der Waals surface area contributed by atoms with Crippen molar-refractivity contribution in [2.45, 2.75) is 23.7 Å². The summed E-state index contributed by atoms with van der Waals surface area (Å²) in [5, 5.41) is 8.80. The van der Waals surface area contributed by atoms with Crippen LogP contribution >= 0.6 is 11.8 Å². The second-order valence-electron chi connectivity index (χ2n) is 3.77. The molecular formula is C12H7F6NO3S. The Kier molecular flexibility index (Phi) is 5.76. The van der Waals surface area contributed by atoms with Crippen LogP contribution < -0.4 is 4.74 Å². The first-order chi connectivity index (χ1) is 10.5. The molecule has 4 nitrogen and oxygen atoms in total. The number of carbonyl (C=O) groups excluding carboxylic acids is 1. The highest BCUT2D eigenvalue weighted by molar-refractivity contribution is 8.00. The summed E-state index contributed by atoms with van der Waals surface area (Å²) in [6.07, 6.45) is -5.21. The Balaban J connectivity index is 3.45. The van der Waals surface area contributed by atoms with Crippen molar-refractivity contribution < 1.29 is 40.6 Å². The van der Waals surface area contributed by atoms with E-state index in [2.05, 4.69) is 9.47 Å². The molecule has 0 saturated carbocycles. The Bertz CT molecular complexity index is 635. The quantitative estimate of drug-likeness (QED) is 0.457. The van der Waals surface area contributed by atoms with Gasteiger partial charge >= 0.3 is 17.8 Å². The number of halogens is 6. The monoisotopic (exact) mass is 359 g/mol. The molecular weight excluding hydrogens is 352 g/mol. The number of thioether (sulfide) groups is 1. The Morgan fingerprint density at radius 1 is 1.26 bits per heavy atom. The van der Waals surface area contributed by atoms with Crippen LogP contribution in [0.15, 0.2) is 17.0 Å². The second-order valence-corrected chi connectivity index (χ2v) is 4.88. The number of esters is 1. The van der Waals surface area contributed by atoms with E-state index < -0.39 is 51.4 Å². The first kappa shape index (κ1) is 19.0. The Labute approximate surface area is 130 Å². The molecule has 23 heavy (non-hydrogen) atoms. The molecule has 0 fully saturated rings. The summed E-state index contributed by atoms with van der Waals surface area (Å²) in [6.45, 7) is 1.22. The molecule has 0 amide bonds. The van der Waals surface area contributed by atoms with Gasteiger partial charge in [0.25, 0.3) is 0 Å². The molecule has 1 aromatic rings. The molecule has 0 aliphatic carbocycles. The van der Waals surface area contributed by atoms with Gasteiger partial charge in [-0.25, -0.2) is 4.79 Å². The van der Waals surface area contributed by atoms with Crippen molar-refractivity contribution in [3.05, 3.63) is 23.3 Å². The van der Waals surface area contributed by atoms with Crippen molar-refractivity contribution in [1.29, 1.82) is 5.26 Å². The van der Waals surface area contributed by atoms with E-state index >= 15 is 0 Å². The molecule has 11 heteroatoms.